The Morgan fingerprint density at radius 2 is 1.57 bits per heavy atom. The van der Waals surface area contributed by atoms with Crippen molar-refractivity contribution in [2.45, 2.75) is 33.6 Å². The van der Waals surface area contributed by atoms with E-state index in [0.29, 0.717) is 0 Å². The van der Waals surface area contributed by atoms with E-state index in [0.717, 1.165) is 25.2 Å². The van der Waals surface area contributed by atoms with Crippen LogP contribution in [-0.4, -0.2) is 6.61 Å². The van der Waals surface area contributed by atoms with Crippen molar-refractivity contribution < 1.29 is 4.74 Å². The monoisotopic (exact) mass is 280 g/mol. The molecular weight excluding hydrogens is 256 g/mol. The molecule has 2 aromatic carbocycles. The summed E-state index contributed by atoms with van der Waals surface area (Å²) in [5.41, 5.74) is 4.96. The van der Waals surface area contributed by atoms with Crippen LogP contribution in [0.5, 0.6) is 5.75 Å². The average molecular weight is 280 g/mol. The molecule has 0 saturated heterocycles. The van der Waals surface area contributed by atoms with Crippen molar-refractivity contribution in [3.05, 3.63) is 64.7 Å². The summed E-state index contributed by atoms with van der Waals surface area (Å²) in [5, 5.41) is 0. The minimum absolute atomic E-state index is 0.770. The van der Waals surface area contributed by atoms with Gasteiger partial charge in [-0.2, -0.15) is 0 Å². The smallest absolute Gasteiger partial charge is 0.122 e. The topological polar surface area (TPSA) is 9.23 Å². The first-order valence-electron chi connectivity index (χ1n) is 7.73. The molecular formula is C20H24O. The Bertz CT molecular complexity index is 594. The molecule has 110 valence electrons. The van der Waals surface area contributed by atoms with E-state index in [-0.39, 0.29) is 0 Å². The highest BCUT2D eigenvalue weighted by atomic mass is 16.5. The minimum Gasteiger partial charge on any atom is -0.493 e. The average Bonchev–Trinajstić information content (AvgIpc) is 2.53. The molecule has 0 aromatic heterocycles. The summed E-state index contributed by atoms with van der Waals surface area (Å²) in [6.07, 6.45) is 6.40. The fourth-order valence-corrected chi connectivity index (χ4v) is 2.14. The van der Waals surface area contributed by atoms with Crippen molar-refractivity contribution >= 4 is 12.2 Å². The molecule has 0 saturated carbocycles. The molecule has 0 bridgehead atoms. The van der Waals surface area contributed by atoms with Crippen LogP contribution in [-0.2, 0) is 6.42 Å². The molecule has 0 N–H and O–H groups in total. The van der Waals surface area contributed by atoms with Gasteiger partial charge in [0, 0.05) is 0 Å². The maximum atomic E-state index is 5.78. The third kappa shape index (κ3) is 4.49. The van der Waals surface area contributed by atoms with E-state index in [1.807, 2.05) is 0 Å². The van der Waals surface area contributed by atoms with Gasteiger partial charge in [0.2, 0.25) is 0 Å². The van der Waals surface area contributed by atoms with Crippen molar-refractivity contribution in [2.75, 3.05) is 6.61 Å². The SMILES string of the molecule is CCCOc1cc(/C=C/c2ccc(CC)cc2)ccc1C. The lowest BCUT2D eigenvalue weighted by Crippen LogP contribution is -1.97. The molecule has 0 amide bonds. The standard InChI is InChI=1S/C20H24O/c1-4-14-21-20-15-19(7-6-16(20)3)13-12-18-10-8-17(5-2)9-11-18/h6-13,15H,4-5,14H2,1-3H3/b13-12+. The Balaban J connectivity index is 2.12. The molecule has 0 atom stereocenters. The van der Waals surface area contributed by atoms with Gasteiger partial charge in [-0.05, 0) is 48.1 Å². The molecule has 0 unspecified atom stereocenters. The van der Waals surface area contributed by atoms with Gasteiger partial charge in [0.15, 0.2) is 0 Å². The predicted molar refractivity (Wildman–Crippen MR) is 91.7 cm³/mol. The maximum absolute atomic E-state index is 5.78. The lowest BCUT2D eigenvalue weighted by molar-refractivity contribution is 0.315. The zero-order chi connectivity index (χ0) is 15.1. The number of ether oxygens (including phenoxy) is 1. The number of benzene rings is 2. The van der Waals surface area contributed by atoms with Crippen LogP contribution in [0, 0.1) is 6.92 Å². The molecule has 0 radical (unpaired) electrons. The first-order chi connectivity index (χ1) is 10.2. The van der Waals surface area contributed by atoms with E-state index in [1.54, 1.807) is 0 Å². The van der Waals surface area contributed by atoms with Crippen LogP contribution in [0.3, 0.4) is 0 Å². The Hall–Kier alpha value is -2.02. The van der Waals surface area contributed by atoms with Crippen molar-refractivity contribution in [1.82, 2.24) is 0 Å². The maximum Gasteiger partial charge on any atom is 0.122 e. The molecule has 0 spiro atoms. The van der Waals surface area contributed by atoms with Crippen LogP contribution >= 0.6 is 0 Å². The van der Waals surface area contributed by atoms with Gasteiger partial charge in [-0.1, -0.05) is 62.4 Å². The molecule has 1 nitrogen and oxygen atoms in total. The zero-order valence-electron chi connectivity index (χ0n) is 13.2. The molecule has 2 rings (SSSR count). The van der Waals surface area contributed by atoms with E-state index >= 15 is 0 Å². The summed E-state index contributed by atoms with van der Waals surface area (Å²) in [6.45, 7) is 7.16. The van der Waals surface area contributed by atoms with E-state index in [9.17, 15) is 0 Å². The quantitative estimate of drug-likeness (QED) is 0.633. The fourth-order valence-electron chi connectivity index (χ4n) is 2.14. The summed E-state index contributed by atoms with van der Waals surface area (Å²) in [5.74, 6) is 0.986. The van der Waals surface area contributed by atoms with Gasteiger partial charge in [0.25, 0.3) is 0 Å². The van der Waals surface area contributed by atoms with Gasteiger partial charge in [-0.25, -0.2) is 0 Å². The zero-order valence-corrected chi connectivity index (χ0v) is 13.2. The van der Waals surface area contributed by atoms with Gasteiger partial charge >= 0.3 is 0 Å². The van der Waals surface area contributed by atoms with Crippen LogP contribution in [0.25, 0.3) is 12.2 Å². The lowest BCUT2D eigenvalue weighted by Gasteiger charge is -2.08. The Kier molecular flexibility index (Phi) is 5.62. The first-order valence-corrected chi connectivity index (χ1v) is 7.73. The Morgan fingerprint density at radius 1 is 0.905 bits per heavy atom. The molecule has 2 aromatic rings. The fraction of sp³-hybridized carbons (Fsp3) is 0.300. The van der Waals surface area contributed by atoms with Crippen LogP contribution in [0.15, 0.2) is 42.5 Å². The number of rotatable bonds is 6. The van der Waals surface area contributed by atoms with Gasteiger partial charge in [0.1, 0.15) is 5.75 Å². The normalized spacial score (nSPS) is 11.0. The highest BCUT2D eigenvalue weighted by Gasteiger charge is 1.99. The third-order valence-corrected chi connectivity index (χ3v) is 3.53. The van der Waals surface area contributed by atoms with Crippen molar-refractivity contribution in [2.24, 2.45) is 0 Å². The summed E-state index contributed by atoms with van der Waals surface area (Å²) < 4.78 is 5.78. The van der Waals surface area contributed by atoms with Gasteiger partial charge in [-0.15, -0.1) is 0 Å². The van der Waals surface area contributed by atoms with Crippen molar-refractivity contribution in [1.29, 1.82) is 0 Å². The summed E-state index contributed by atoms with van der Waals surface area (Å²) in [4.78, 5) is 0. The molecule has 0 aliphatic rings. The summed E-state index contributed by atoms with van der Waals surface area (Å²) in [7, 11) is 0. The van der Waals surface area contributed by atoms with E-state index in [4.69, 9.17) is 4.74 Å². The highest BCUT2D eigenvalue weighted by molar-refractivity contribution is 5.70. The third-order valence-electron chi connectivity index (χ3n) is 3.53. The minimum atomic E-state index is 0.770. The summed E-state index contributed by atoms with van der Waals surface area (Å²) >= 11 is 0. The van der Waals surface area contributed by atoms with Crippen LogP contribution < -0.4 is 4.74 Å². The van der Waals surface area contributed by atoms with Crippen LogP contribution in [0.2, 0.25) is 0 Å². The largest absolute Gasteiger partial charge is 0.493 e. The van der Waals surface area contributed by atoms with E-state index < -0.39 is 0 Å². The Labute approximate surface area is 128 Å². The second kappa shape index (κ2) is 7.68. The van der Waals surface area contributed by atoms with Gasteiger partial charge in [-0.3, -0.25) is 0 Å². The van der Waals surface area contributed by atoms with E-state index in [1.165, 1.54) is 22.3 Å². The molecule has 0 fully saturated rings. The molecule has 0 heterocycles. The van der Waals surface area contributed by atoms with Crippen LogP contribution in [0.4, 0.5) is 0 Å². The van der Waals surface area contributed by atoms with E-state index in [2.05, 4.69) is 75.4 Å². The first kappa shape index (κ1) is 15.4. The summed E-state index contributed by atoms with van der Waals surface area (Å²) in [6, 6.07) is 15.1. The second-order valence-electron chi connectivity index (χ2n) is 5.30. The van der Waals surface area contributed by atoms with Gasteiger partial charge in [0.05, 0.1) is 6.61 Å². The van der Waals surface area contributed by atoms with Crippen molar-refractivity contribution in [3.63, 3.8) is 0 Å². The van der Waals surface area contributed by atoms with Crippen molar-refractivity contribution in [3.8, 4) is 5.75 Å². The molecule has 21 heavy (non-hydrogen) atoms. The Morgan fingerprint density at radius 3 is 2.24 bits per heavy atom. The molecule has 1 heteroatoms. The molecule has 0 aliphatic heterocycles. The predicted octanol–water partition coefficient (Wildman–Crippen LogP) is 5.52. The lowest BCUT2D eigenvalue weighted by atomic mass is 10.1. The number of hydrogen-bond donors (Lipinski definition) is 0. The highest BCUT2D eigenvalue weighted by Crippen LogP contribution is 2.21. The van der Waals surface area contributed by atoms with Gasteiger partial charge < -0.3 is 4.74 Å². The van der Waals surface area contributed by atoms with Crippen LogP contribution in [0.1, 0.15) is 42.5 Å². The number of aryl methyl sites for hydroxylation is 2. The molecule has 0 aliphatic carbocycles. The second-order valence-corrected chi connectivity index (χ2v) is 5.30. The number of hydrogen-bond acceptors (Lipinski definition) is 1.